The van der Waals surface area contributed by atoms with Crippen LogP contribution in [0.25, 0.3) is 11.5 Å². The molecule has 0 aliphatic carbocycles. The first-order chi connectivity index (χ1) is 11.7. The minimum absolute atomic E-state index is 0.0352. The molecule has 0 amide bonds. The number of alkyl halides is 2. The van der Waals surface area contributed by atoms with Gasteiger partial charge < -0.3 is 9.73 Å². The number of halogens is 2. The van der Waals surface area contributed by atoms with Gasteiger partial charge in [0.2, 0.25) is 5.95 Å². The molecule has 0 aliphatic heterocycles. The van der Waals surface area contributed by atoms with Crippen molar-refractivity contribution < 1.29 is 13.2 Å². The summed E-state index contributed by atoms with van der Waals surface area (Å²) >= 11 is 0. The Hall–Kier alpha value is -2.90. The molecular formula is C16H15F2N5O. The van der Waals surface area contributed by atoms with E-state index < -0.39 is 12.3 Å². The van der Waals surface area contributed by atoms with Crippen LogP contribution in [-0.2, 0) is 0 Å². The molecule has 6 nitrogen and oxygen atoms in total. The van der Waals surface area contributed by atoms with Crippen LogP contribution in [0.2, 0.25) is 0 Å². The second-order valence-electron chi connectivity index (χ2n) is 5.06. The van der Waals surface area contributed by atoms with E-state index in [2.05, 4.69) is 32.4 Å². The predicted octanol–water partition coefficient (Wildman–Crippen LogP) is 4.03. The van der Waals surface area contributed by atoms with E-state index in [1.165, 1.54) is 12.4 Å². The fourth-order valence-corrected chi connectivity index (χ4v) is 2.21. The maximum absolute atomic E-state index is 12.5. The lowest BCUT2D eigenvalue weighted by Crippen LogP contribution is -2.11. The van der Waals surface area contributed by atoms with Gasteiger partial charge in [-0.25, -0.2) is 9.97 Å². The number of benzene rings is 1. The first kappa shape index (κ1) is 16.0. The van der Waals surface area contributed by atoms with Gasteiger partial charge >= 0.3 is 6.43 Å². The molecule has 0 radical (unpaired) electrons. The molecule has 0 saturated heterocycles. The SMILES string of the molecule is CCC(Nc1ncc(-c2nnc(C(F)F)o2)cn1)c1ccccc1. The topological polar surface area (TPSA) is 76.7 Å². The minimum atomic E-state index is -2.80. The molecule has 2 heterocycles. The third-order valence-electron chi connectivity index (χ3n) is 3.44. The van der Waals surface area contributed by atoms with Gasteiger partial charge in [0.15, 0.2) is 0 Å². The first-order valence-electron chi connectivity index (χ1n) is 7.42. The van der Waals surface area contributed by atoms with E-state index in [1.54, 1.807) is 0 Å². The van der Waals surface area contributed by atoms with E-state index in [4.69, 9.17) is 4.42 Å². The third kappa shape index (κ3) is 3.53. The van der Waals surface area contributed by atoms with Gasteiger partial charge in [0.05, 0.1) is 11.6 Å². The van der Waals surface area contributed by atoms with Crippen LogP contribution in [-0.4, -0.2) is 20.2 Å². The van der Waals surface area contributed by atoms with Crippen molar-refractivity contribution >= 4 is 5.95 Å². The van der Waals surface area contributed by atoms with Crippen molar-refractivity contribution in [1.29, 1.82) is 0 Å². The average molecular weight is 331 g/mol. The summed E-state index contributed by atoms with van der Waals surface area (Å²) in [6.45, 7) is 2.06. The highest BCUT2D eigenvalue weighted by atomic mass is 19.3. The summed E-state index contributed by atoms with van der Waals surface area (Å²) in [4.78, 5) is 8.37. The second-order valence-corrected chi connectivity index (χ2v) is 5.06. The fourth-order valence-electron chi connectivity index (χ4n) is 2.21. The summed E-state index contributed by atoms with van der Waals surface area (Å²) in [5.41, 5.74) is 1.51. The Kier molecular flexibility index (Phi) is 4.74. The molecule has 8 heteroatoms. The van der Waals surface area contributed by atoms with Gasteiger partial charge in [0, 0.05) is 12.4 Å². The van der Waals surface area contributed by atoms with Crippen LogP contribution in [0.5, 0.6) is 0 Å². The maximum atomic E-state index is 12.5. The molecule has 0 saturated carbocycles. The largest absolute Gasteiger partial charge is 0.415 e. The summed E-state index contributed by atoms with van der Waals surface area (Å²) in [7, 11) is 0. The number of hydrogen-bond acceptors (Lipinski definition) is 6. The molecule has 24 heavy (non-hydrogen) atoms. The van der Waals surface area contributed by atoms with Crippen molar-refractivity contribution in [2.75, 3.05) is 5.32 Å². The Labute approximate surface area is 137 Å². The molecule has 0 bridgehead atoms. The van der Waals surface area contributed by atoms with E-state index in [1.807, 2.05) is 30.3 Å². The zero-order chi connectivity index (χ0) is 16.9. The zero-order valence-electron chi connectivity index (χ0n) is 12.9. The van der Waals surface area contributed by atoms with Gasteiger partial charge in [0.1, 0.15) is 0 Å². The molecule has 1 unspecified atom stereocenters. The Bertz CT molecular complexity index is 777. The predicted molar refractivity (Wildman–Crippen MR) is 83.4 cm³/mol. The van der Waals surface area contributed by atoms with E-state index in [0.29, 0.717) is 11.5 Å². The molecule has 1 aromatic carbocycles. The van der Waals surface area contributed by atoms with Crippen LogP contribution in [0.1, 0.15) is 37.3 Å². The number of anilines is 1. The van der Waals surface area contributed by atoms with Gasteiger partial charge in [-0.1, -0.05) is 37.3 Å². The summed E-state index contributed by atoms with van der Waals surface area (Å²) in [6, 6.07) is 10.0. The molecule has 3 rings (SSSR count). The molecule has 0 aliphatic rings. The van der Waals surface area contributed by atoms with Crippen molar-refractivity contribution in [3.63, 3.8) is 0 Å². The number of nitrogens with zero attached hydrogens (tertiary/aromatic N) is 4. The molecule has 124 valence electrons. The van der Waals surface area contributed by atoms with Gasteiger partial charge in [0.25, 0.3) is 11.8 Å². The molecular weight excluding hydrogens is 316 g/mol. The van der Waals surface area contributed by atoms with Crippen molar-refractivity contribution in [2.24, 2.45) is 0 Å². The van der Waals surface area contributed by atoms with Gasteiger partial charge in [-0.2, -0.15) is 8.78 Å². The normalized spacial score (nSPS) is 12.3. The monoisotopic (exact) mass is 331 g/mol. The van der Waals surface area contributed by atoms with Crippen LogP contribution in [0.15, 0.2) is 47.1 Å². The van der Waals surface area contributed by atoms with E-state index in [0.717, 1.165) is 12.0 Å². The van der Waals surface area contributed by atoms with Crippen molar-refractivity contribution in [3.8, 4) is 11.5 Å². The Morgan fingerprint density at radius 3 is 2.38 bits per heavy atom. The average Bonchev–Trinajstić information content (AvgIpc) is 3.11. The van der Waals surface area contributed by atoms with Crippen LogP contribution < -0.4 is 5.32 Å². The lowest BCUT2D eigenvalue weighted by atomic mass is 10.1. The number of hydrogen-bond donors (Lipinski definition) is 1. The van der Waals surface area contributed by atoms with Crippen LogP contribution in [0.3, 0.4) is 0 Å². The smallest absolute Gasteiger partial charge is 0.314 e. The summed E-state index contributed by atoms with van der Waals surface area (Å²) in [5, 5.41) is 10.1. The van der Waals surface area contributed by atoms with E-state index in [-0.39, 0.29) is 11.9 Å². The minimum Gasteiger partial charge on any atom is -0.415 e. The fraction of sp³-hybridized carbons (Fsp3) is 0.250. The summed E-state index contributed by atoms with van der Waals surface area (Å²) in [5.74, 6) is -0.322. The van der Waals surface area contributed by atoms with Gasteiger partial charge in [-0.15, -0.1) is 10.2 Å². The van der Waals surface area contributed by atoms with Crippen LogP contribution in [0.4, 0.5) is 14.7 Å². The summed E-state index contributed by atoms with van der Waals surface area (Å²) in [6.07, 6.45) is 0.964. The van der Waals surface area contributed by atoms with Gasteiger partial charge in [-0.3, -0.25) is 0 Å². The van der Waals surface area contributed by atoms with Crippen molar-refractivity contribution in [2.45, 2.75) is 25.8 Å². The Balaban J connectivity index is 1.74. The van der Waals surface area contributed by atoms with E-state index >= 15 is 0 Å². The van der Waals surface area contributed by atoms with Crippen LogP contribution in [0, 0.1) is 0 Å². The second kappa shape index (κ2) is 7.12. The lowest BCUT2D eigenvalue weighted by molar-refractivity contribution is 0.116. The summed E-state index contributed by atoms with van der Waals surface area (Å²) < 4.78 is 29.8. The maximum Gasteiger partial charge on any atom is 0.314 e. The molecule has 2 aromatic heterocycles. The van der Waals surface area contributed by atoms with Crippen LogP contribution >= 0.6 is 0 Å². The first-order valence-corrected chi connectivity index (χ1v) is 7.42. The molecule has 0 spiro atoms. The van der Waals surface area contributed by atoms with Crippen molar-refractivity contribution in [1.82, 2.24) is 20.2 Å². The third-order valence-corrected chi connectivity index (χ3v) is 3.44. The molecule has 1 N–H and O–H groups in total. The number of nitrogens with one attached hydrogen (secondary N) is 1. The lowest BCUT2D eigenvalue weighted by Gasteiger charge is -2.17. The zero-order valence-corrected chi connectivity index (χ0v) is 12.9. The highest BCUT2D eigenvalue weighted by Gasteiger charge is 2.17. The number of aromatic nitrogens is 4. The highest BCUT2D eigenvalue weighted by molar-refractivity contribution is 5.50. The molecule has 0 fully saturated rings. The molecule has 3 aromatic rings. The van der Waals surface area contributed by atoms with E-state index in [9.17, 15) is 8.78 Å². The van der Waals surface area contributed by atoms with Gasteiger partial charge in [-0.05, 0) is 12.0 Å². The van der Waals surface area contributed by atoms with Crippen molar-refractivity contribution in [3.05, 3.63) is 54.2 Å². The highest BCUT2D eigenvalue weighted by Crippen LogP contribution is 2.24. The molecule has 1 atom stereocenters. The quantitative estimate of drug-likeness (QED) is 0.735. The Morgan fingerprint density at radius 2 is 1.79 bits per heavy atom. The standard InChI is InChI=1S/C16H15F2N5O/c1-2-12(10-6-4-3-5-7-10)21-16-19-8-11(9-20-16)14-22-23-15(24-14)13(17)18/h3-9,12-13H,2H2,1H3,(H,19,20,21). The Morgan fingerprint density at radius 1 is 1.08 bits per heavy atom. The number of rotatable bonds is 6.